The van der Waals surface area contributed by atoms with Crippen LogP contribution in [0.2, 0.25) is 0 Å². The van der Waals surface area contributed by atoms with Crippen molar-refractivity contribution in [1.82, 2.24) is 0 Å². The van der Waals surface area contributed by atoms with E-state index < -0.39 is 11.2 Å². The van der Waals surface area contributed by atoms with Crippen molar-refractivity contribution in [2.45, 2.75) is 108 Å². The molecular formula is C30H42O4. The Morgan fingerprint density at radius 1 is 1.09 bits per heavy atom. The van der Waals surface area contributed by atoms with E-state index in [9.17, 15) is 10.2 Å². The number of methoxy groups -OCH3 is 1. The summed E-state index contributed by atoms with van der Waals surface area (Å²) in [5, 5.41) is 23.2. The SMILES string of the molecule is CO[C@]12CC[C@@]3(C[C@@H]1[C@](C)(O)C(C)(C)C)[C@H]1Cc4ccc(O)c5c4[C@@]3(CC[C@H]1CC1CC1)[C@H]2O5. The van der Waals surface area contributed by atoms with Crippen molar-refractivity contribution in [3.05, 3.63) is 23.3 Å². The molecule has 2 spiro atoms. The van der Waals surface area contributed by atoms with Crippen LogP contribution in [0.5, 0.6) is 11.5 Å². The van der Waals surface area contributed by atoms with E-state index in [2.05, 4.69) is 26.8 Å². The van der Waals surface area contributed by atoms with Gasteiger partial charge < -0.3 is 19.7 Å². The van der Waals surface area contributed by atoms with Crippen LogP contribution in [0.25, 0.3) is 0 Å². The maximum Gasteiger partial charge on any atom is 0.165 e. The molecule has 4 bridgehead atoms. The zero-order valence-corrected chi connectivity index (χ0v) is 21.6. The molecule has 1 aromatic carbocycles. The fourth-order valence-corrected chi connectivity index (χ4v) is 10.2. The predicted octanol–water partition coefficient (Wildman–Crippen LogP) is 5.76. The predicted molar refractivity (Wildman–Crippen MR) is 131 cm³/mol. The Bertz CT molecular complexity index is 1050. The Morgan fingerprint density at radius 2 is 1.85 bits per heavy atom. The fraction of sp³-hybridized carbons (Fsp3) is 0.800. The molecule has 0 radical (unpaired) electrons. The van der Waals surface area contributed by atoms with Gasteiger partial charge in [-0.3, -0.25) is 0 Å². The number of aliphatic hydroxyl groups is 1. The van der Waals surface area contributed by atoms with Crippen LogP contribution in [-0.2, 0) is 16.6 Å². The second-order valence-corrected chi connectivity index (χ2v) is 14.2. The Balaban J connectivity index is 1.47. The average Bonchev–Trinajstić information content (AvgIpc) is 3.53. The third-order valence-corrected chi connectivity index (χ3v) is 12.3. The van der Waals surface area contributed by atoms with Gasteiger partial charge in [0.15, 0.2) is 11.5 Å². The lowest BCUT2D eigenvalue weighted by atomic mass is 9.30. The van der Waals surface area contributed by atoms with E-state index in [0.717, 1.165) is 49.7 Å². The zero-order chi connectivity index (χ0) is 23.9. The summed E-state index contributed by atoms with van der Waals surface area (Å²) in [6.07, 6.45) is 10.6. The van der Waals surface area contributed by atoms with E-state index >= 15 is 0 Å². The van der Waals surface area contributed by atoms with Crippen LogP contribution in [0, 0.1) is 34.5 Å². The van der Waals surface area contributed by atoms with E-state index in [0.29, 0.717) is 5.92 Å². The molecule has 0 saturated heterocycles. The molecule has 7 aliphatic rings. The van der Waals surface area contributed by atoms with Gasteiger partial charge in [0.25, 0.3) is 0 Å². The third kappa shape index (κ3) is 2.26. The third-order valence-electron chi connectivity index (χ3n) is 12.3. The molecule has 6 aliphatic carbocycles. The first-order valence-corrected chi connectivity index (χ1v) is 13.8. The van der Waals surface area contributed by atoms with Crippen LogP contribution in [0.15, 0.2) is 12.1 Å². The summed E-state index contributed by atoms with van der Waals surface area (Å²) in [6, 6.07) is 4.04. The number of hydrogen-bond donors (Lipinski definition) is 2. The number of aromatic hydroxyl groups is 1. The smallest absolute Gasteiger partial charge is 0.165 e. The number of ether oxygens (including phenoxy) is 2. The summed E-state index contributed by atoms with van der Waals surface area (Å²) in [7, 11) is 1.84. The van der Waals surface area contributed by atoms with Gasteiger partial charge in [-0.05, 0) is 92.1 Å². The van der Waals surface area contributed by atoms with Crippen molar-refractivity contribution in [2.75, 3.05) is 7.11 Å². The number of benzene rings is 1. The molecule has 34 heavy (non-hydrogen) atoms. The van der Waals surface area contributed by atoms with Gasteiger partial charge in [-0.1, -0.05) is 39.7 Å². The van der Waals surface area contributed by atoms with Crippen LogP contribution >= 0.6 is 0 Å². The van der Waals surface area contributed by atoms with Crippen LogP contribution in [0.3, 0.4) is 0 Å². The van der Waals surface area contributed by atoms with Crippen molar-refractivity contribution in [1.29, 1.82) is 0 Å². The highest BCUT2D eigenvalue weighted by Gasteiger charge is 2.82. The molecule has 1 aromatic rings. The molecule has 4 nitrogen and oxygen atoms in total. The summed E-state index contributed by atoms with van der Waals surface area (Å²) in [5.41, 5.74) is 1.02. The van der Waals surface area contributed by atoms with Gasteiger partial charge >= 0.3 is 0 Å². The van der Waals surface area contributed by atoms with Crippen LogP contribution < -0.4 is 4.74 Å². The highest BCUT2D eigenvalue weighted by atomic mass is 16.6. The van der Waals surface area contributed by atoms with Gasteiger partial charge in [0.2, 0.25) is 0 Å². The largest absolute Gasteiger partial charge is 0.504 e. The van der Waals surface area contributed by atoms with E-state index in [-0.39, 0.29) is 34.0 Å². The summed E-state index contributed by atoms with van der Waals surface area (Å²) < 4.78 is 13.5. The minimum Gasteiger partial charge on any atom is -0.504 e. The van der Waals surface area contributed by atoms with Crippen LogP contribution in [0.1, 0.15) is 90.2 Å². The fourth-order valence-electron chi connectivity index (χ4n) is 10.2. The molecule has 8 rings (SSSR count). The second kappa shape index (κ2) is 6.35. The molecule has 2 N–H and O–H groups in total. The Morgan fingerprint density at radius 3 is 2.53 bits per heavy atom. The van der Waals surface area contributed by atoms with Crippen molar-refractivity contribution in [2.24, 2.45) is 34.5 Å². The Labute approximate surface area is 204 Å². The molecule has 0 amide bonds. The molecule has 186 valence electrons. The number of phenols is 1. The van der Waals surface area contributed by atoms with Gasteiger partial charge in [-0.15, -0.1) is 0 Å². The van der Waals surface area contributed by atoms with Crippen molar-refractivity contribution < 1.29 is 19.7 Å². The van der Waals surface area contributed by atoms with Crippen molar-refractivity contribution in [3.8, 4) is 11.5 Å². The van der Waals surface area contributed by atoms with E-state index in [1.54, 1.807) is 0 Å². The van der Waals surface area contributed by atoms with E-state index in [4.69, 9.17) is 9.47 Å². The van der Waals surface area contributed by atoms with Gasteiger partial charge in [0, 0.05) is 24.0 Å². The van der Waals surface area contributed by atoms with Gasteiger partial charge in [0.05, 0.1) is 5.60 Å². The zero-order valence-electron chi connectivity index (χ0n) is 21.6. The highest BCUT2D eigenvalue weighted by Crippen LogP contribution is 2.80. The summed E-state index contributed by atoms with van der Waals surface area (Å²) in [5.74, 6) is 3.33. The molecule has 1 aliphatic heterocycles. The van der Waals surface area contributed by atoms with Gasteiger partial charge in [0.1, 0.15) is 11.7 Å². The quantitative estimate of drug-likeness (QED) is 0.593. The molecule has 5 saturated carbocycles. The summed E-state index contributed by atoms with van der Waals surface area (Å²) >= 11 is 0. The topological polar surface area (TPSA) is 58.9 Å². The lowest BCUT2D eigenvalue weighted by molar-refractivity contribution is -0.314. The highest BCUT2D eigenvalue weighted by molar-refractivity contribution is 5.63. The number of phenolic OH excluding ortho intramolecular Hbond substituents is 1. The number of hydrogen-bond acceptors (Lipinski definition) is 4. The first-order valence-electron chi connectivity index (χ1n) is 13.8. The molecule has 0 aromatic heterocycles. The molecule has 0 unspecified atom stereocenters. The number of rotatable bonds is 4. The van der Waals surface area contributed by atoms with Gasteiger partial charge in [-0.25, -0.2) is 0 Å². The summed E-state index contributed by atoms with van der Waals surface area (Å²) in [4.78, 5) is 0. The lowest BCUT2D eigenvalue weighted by Crippen LogP contribution is -2.80. The van der Waals surface area contributed by atoms with Crippen molar-refractivity contribution in [3.63, 3.8) is 0 Å². The lowest BCUT2D eigenvalue weighted by Gasteiger charge is -2.75. The van der Waals surface area contributed by atoms with Crippen LogP contribution in [0.4, 0.5) is 0 Å². The van der Waals surface area contributed by atoms with E-state index in [1.165, 1.54) is 36.8 Å². The molecule has 4 heteroatoms. The van der Waals surface area contributed by atoms with Crippen LogP contribution in [-0.4, -0.2) is 34.6 Å². The monoisotopic (exact) mass is 466 g/mol. The Kier molecular flexibility index (Phi) is 4.10. The Hall–Kier alpha value is -1.26. The minimum absolute atomic E-state index is 0.00273. The van der Waals surface area contributed by atoms with Crippen molar-refractivity contribution >= 4 is 0 Å². The molecule has 1 heterocycles. The molecule has 8 atom stereocenters. The first kappa shape index (κ1) is 22.0. The average molecular weight is 467 g/mol. The first-order chi connectivity index (χ1) is 16.0. The maximum atomic E-state index is 12.2. The van der Waals surface area contributed by atoms with Gasteiger partial charge in [-0.2, -0.15) is 0 Å². The normalized spacial score (nSPS) is 45.5. The van der Waals surface area contributed by atoms with E-state index in [1.807, 2.05) is 20.1 Å². The number of fused-ring (bicyclic) bond motifs is 2. The summed E-state index contributed by atoms with van der Waals surface area (Å²) in [6.45, 7) is 8.54. The molecular weight excluding hydrogens is 424 g/mol. The standard InChI is InChI=1S/C30H42O4/c1-26(2,3)27(4,32)22-16-28-12-13-30(22,33-5)25-29(28)11-10-18(14-17-6-7-17)20(28)15-19-8-9-21(31)24(34-25)23(19)29/h8-9,17-18,20,22,25,31-32H,6-7,10-16H2,1-5H3/t18-,20-,22+,25+,27-,28+,29-,30+/m0/s1. The second-order valence-electron chi connectivity index (χ2n) is 14.2. The maximum absolute atomic E-state index is 12.2. The molecule has 5 fully saturated rings. The minimum atomic E-state index is -0.890.